The summed E-state index contributed by atoms with van der Waals surface area (Å²) >= 11 is 1.81. The van der Waals surface area contributed by atoms with Crippen molar-refractivity contribution in [1.82, 2.24) is 15.1 Å². The van der Waals surface area contributed by atoms with Gasteiger partial charge in [-0.25, -0.2) is 4.99 Å². The first-order valence-corrected chi connectivity index (χ1v) is 9.55. The minimum Gasteiger partial charge on any atom is -0.355 e. The van der Waals surface area contributed by atoms with Crippen LogP contribution >= 0.6 is 35.7 Å². The highest BCUT2D eigenvalue weighted by Crippen LogP contribution is 2.23. The SMILES string of the molecule is CSCCNC(=NCC(=O)N(C)C)N1CCC(CC(C)C)C1.I. The van der Waals surface area contributed by atoms with Crippen molar-refractivity contribution < 1.29 is 4.79 Å². The number of likely N-dealkylation sites (N-methyl/N-ethyl adjacent to an activating group) is 1. The van der Waals surface area contributed by atoms with Gasteiger partial charge in [-0.2, -0.15) is 11.8 Å². The maximum Gasteiger partial charge on any atom is 0.243 e. The lowest BCUT2D eigenvalue weighted by atomic mass is 9.97. The Kier molecular flexibility index (Phi) is 12.1. The quantitative estimate of drug-likeness (QED) is 0.277. The maximum absolute atomic E-state index is 11.8. The van der Waals surface area contributed by atoms with Gasteiger partial charge in [-0.1, -0.05) is 13.8 Å². The van der Waals surface area contributed by atoms with Crippen LogP contribution in [-0.2, 0) is 4.79 Å². The lowest BCUT2D eigenvalue weighted by Crippen LogP contribution is -2.42. The zero-order chi connectivity index (χ0) is 16.5. The number of hydrogen-bond acceptors (Lipinski definition) is 3. The second-order valence-corrected chi connectivity index (χ2v) is 7.56. The van der Waals surface area contributed by atoms with Crippen molar-refractivity contribution in [1.29, 1.82) is 0 Å². The van der Waals surface area contributed by atoms with E-state index in [9.17, 15) is 4.79 Å². The fourth-order valence-corrected chi connectivity index (χ4v) is 3.01. The van der Waals surface area contributed by atoms with Crippen LogP contribution in [0.4, 0.5) is 0 Å². The third kappa shape index (κ3) is 9.02. The predicted octanol–water partition coefficient (Wildman–Crippen LogP) is 2.37. The van der Waals surface area contributed by atoms with Gasteiger partial charge in [0.25, 0.3) is 0 Å². The normalized spacial score (nSPS) is 18.1. The monoisotopic (exact) mass is 456 g/mol. The number of guanidine groups is 1. The van der Waals surface area contributed by atoms with Gasteiger partial charge in [0.05, 0.1) is 0 Å². The van der Waals surface area contributed by atoms with Crippen LogP contribution in [-0.4, -0.2) is 73.9 Å². The standard InChI is InChI=1S/C16H32N4OS.HI/c1-13(2)10-14-6-8-20(12-14)16(17-7-9-22-5)18-11-15(21)19(3)4;/h13-14H,6-12H2,1-5H3,(H,17,18);1H. The first-order valence-electron chi connectivity index (χ1n) is 8.16. The number of nitrogens with one attached hydrogen (secondary N) is 1. The summed E-state index contributed by atoms with van der Waals surface area (Å²) in [6.45, 7) is 7.77. The number of carbonyl (C=O) groups is 1. The molecule has 1 saturated heterocycles. The molecular weight excluding hydrogens is 423 g/mol. The van der Waals surface area contributed by atoms with Gasteiger partial charge in [-0.15, -0.1) is 24.0 Å². The Bertz CT molecular complexity index is 377. The summed E-state index contributed by atoms with van der Waals surface area (Å²) in [5.41, 5.74) is 0. The van der Waals surface area contributed by atoms with Crippen molar-refractivity contribution in [3.8, 4) is 0 Å². The van der Waals surface area contributed by atoms with Crippen LogP contribution in [0.2, 0.25) is 0 Å². The summed E-state index contributed by atoms with van der Waals surface area (Å²) in [5.74, 6) is 3.48. The molecule has 1 aliphatic rings. The van der Waals surface area contributed by atoms with Gasteiger partial charge in [0.15, 0.2) is 5.96 Å². The number of nitrogens with zero attached hydrogens (tertiary/aromatic N) is 3. The molecule has 1 rings (SSSR count). The van der Waals surface area contributed by atoms with Crippen LogP contribution < -0.4 is 5.32 Å². The van der Waals surface area contributed by atoms with Gasteiger partial charge < -0.3 is 15.1 Å². The fourth-order valence-electron chi connectivity index (χ4n) is 2.70. The van der Waals surface area contributed by atoms with Crippen molar-refractivity contribution in [2.75, 3.05) is 52.3 Å². The summed E-state index contributed by atoms with van der Waals surface area (Å²) in [6.07, 6.45) is 4.59. The summed E-state index contributed by atoms with van der Waals surface area (Å²) in [6, 6.07) is 0. The highest BCUT2D eigenvalue weighted by atomic mass is 127. The van der Waals surface area contributed by atoms with E-state index >= 15 is 0 Å². The largest absolute Gasteiger partial charge is 0.355 e. The first kappa shape index (κ1) is 22.8. The maximum atomic E-state index is 11.8. The second kappa shape index (κ2) is 12.2. The van der Waals surface area contributed by atoms with Crippen LogP contribution in [0.15, 0.2) is 4.99 Å². The van der Waals surface area contributed by atoms with Crippen molar-refractivity contribution >= 4 is 47.6 Å². The van der Waals surface area contributed by atoms with Crippen LogP contribution in [0.3, 0.4) is 0 Å². The molecule has 1 heterocycles. The highest BCUT2D eigenvalue weighted by Gasteiger charge is 2.25. The molecule has 0 aromatic carbocycles. The van der Waals surface area contributed by atoms with Crippen LogP contribution in [0, 0.1) is 11.8 Å². The van der Waals surface area contributed by atoms with E-state index in [4.69, 9.17) is 0 Å². The van der Waals surface area contributed by atoms with Gasteiger partial charge in [-0.3, -0.25) is 4.79 Å². The third-order valence-corrected chi connectivity index (χ3v) is 4.45. The van der Waals surface area contributed by atoms with E-state index in [0.29, 0.717) is 0 Å². The fraction of sp³-hybridized carbons (Fsp3) is 0.875. The van der Waals surface area contributed by atoms with E-state index in [2.05, 4.69) is 35.3 Å². The molecule has 1 aliphatic heterocycles. The molecule has 0 radical (unpaired) electrons. The van der Waals surface area contributed by atoms with Crippen molar-refractivity contribution in [3.63, 3.8) is 0 Å². The predicted molar refractivity (Wildman–Crippen MR) is 112 cm³/mol. The number of rotatable bonds is 7. The minimum absolute atomic E-state index is 0. The molecule has 0 aliphatic carbocycles. The van der Waals surface area contributed by atoms with E-state index in [1.807, 2.05) is 11.8 Å². The molecular formula is C16H33IN4OS. The van der Waals surface area contributed by atoms with E-state index in [0.717, 1.165) is 43.2 Å². The molecule has 1 N–H and O–H groups in total. The Morgan fingerprint density at radius 2 is 2.13 bits per heavy atom. The van der Waals surface area contributed by atoms with Gasteiger partial charge >= 0.3 is 0 Å². The molecule has 1 fully saturated rings. The molecule has 23 heavy (non-hydrogen) atoms. The molecule has 0 bridgehead atoms. The Hall–Kier alpha value is -0.180. The Balaban J connectivity index is 0.00000484. The van der Waals surface area contributed by atoms with Gasteiger partial charge in [0.1, 0.15) is 6.54 Å². The Labute approximate surface area is 163 Å². The molecule has 136 valence electrons. The van der Waals surface area contributed by atoms with E-state index in [-0.39, 0.29) is 36.4 Å². The smallest absolute Gasteiger partial charge is 0.243 e. The van der Waals surface area contributed by atoms with E-state index < -0.39 is 0 Å². The molecule has 1 amide bonds. The summed E-state index contributed by atoms with van der Waals surface area (Å²) in [4.78, 5) is 20.2. The average Bonchev–Trinajstić information content (AvgIpc) is 2.89. The number of amides is 1. The molecule has 1 atom stereocenters. The Morgan fingerprint density at radius 3 is 2.70 bits per heavy atom. The Morgan fingerprint density at radius 1 is 1.43 bits per heavy atom. The summed E-state index contributed by atoms with van der Waals surface area (Å²) in [5, 5.41) is 3.42. The van der Waals surface area contributed by atoms with E-state index in [1.165, 1.54) is 12.8 Å². The minimum atomic E-state index is 0. The molecule has 0 aromatic heterocycles. The molecule has 1 unspecified atom stereocenters. The zero-order valence-electron chi connectivity index (χ0n) is 15.2. The van der Waals surface area contributed by atoms with Crippen molar-refractivity contribution in [2.45, 2.75) is 26.7 Å². The zero-order valence-corrected chi connectivity index (χ0v) is 18.3. The van der Waals surface area contributed by atoms with Crippen LogP contribution in [0.5, 0.6) is 0 Å². The number of thioether (sulfide) groups is 1. The average molecular weight is 456 g/mol. The van der Waals surface area contributed by atoms with Gasteiger partial charge in [-0.05, 0) is 30.9 Å². The van der Waals surface area contributed by atoms with Crippen LogP contribution in [0.1, 0.15) is 26.7 Å². The lowest BCUT2D eigenvalue weighted by Gasteiger charge is -2.22. The second-order valence-electron chi connectivity index (χ2n) is 6.58. The number of hydrogen-bond donors (Lipinski definition) is 1. The lowest BCUT2D eigenvalue weighted by molar-refractivity contribution is -0.127. The molecule has 0 saturated carbocycles. The number of likely N-dealkylation sites (tertiary alicyclic amines) is 1. The van der Waals surface area contributed by atoms with Gasteiger partial charge in [0, 0.05) is 39.5 Å². The summed E-state index contributed by atoms with van der Waals surface area (Å²) in [7, 11) is 3.54. The number of aliphatic imine (C=N–C) groups is 1. The third-order valence-electron chi connectivity index (χ3n) is 3.84. The van der Waals surface area contributed by atoms with Crippen LogP contribution in [0.25, 0.3) is 0 Å². The van der Waals surface area contributed by atoms with E-state index in [1.54, 1.807) is 19.0 Å². The van der Waals surface area contributed by atoms with Crippen molar-refractivity contribution in [3.05, 3.63) is 0 Å². The first-order chi connectivity index (χ1) is 10.4. The highest BCUT2D eigenvalue weighted by molar-refractivity contribution is 14.0. The van der Waals surface area contributed by atoms with Crippen molar-refractivity contribution in [2.24, 2.45) is 16.8 Å². The molecule has 7 heteroatoms. The summed E-state index contributed by atoms with van der Waals surface area (Å²) < 4.78 is 0. The number of carbonyl (C=O) groups excluding carboxylic acids is 1. The molecule has 0 spiro atoms. The van der Waals surface area contributed by atoms with Gasteiger partial charge in [0.2, 0.25) is 5.91 Å². The molecule has 5 nitrogen and oxygen atoms in total. The topological polar surface area (TPSA) is 47.9 Å². The molecule has 0 aromatic rings. The number of halogens is 1.